The zero-order valence-electron chi connectivity index (χ0n) is 19.2. The Bertz CT molecular complexity index is 1320. The van der Waals surface area contributed by atoms with E-state index in [1.54, 1.807) is 0 Å². The fourth-order valence-corrected chi connectivity index (χ4v) is 5.31. The highest BCUT2D eigenvalue weighted by atomic mass is 16.5. The number of ether oxygens (including phenoxy) is 1. The lowest BCUT2D eigenvalue weighted by Crippen LogP contribution is -2.49. The SMILES string of the molecule is O=C(N[C@@H]1CCCN(Cc2ccncc2)C1)C1C=c2c(-c3ccc4c(c3)CCO4)n[nH]c2=CC1. The smallest absolute Gasteiger partial charge is 0.227 e. The summed E-state index contributed by atoms with van der Waals surface area (Å²) >= 11 is 0. The molecule has 1 unspecified atom stereocenters. The van der Waals surface area contributed by atoms with E-state index in [0.717, 1.165) is 73.1 Å². The summed E-state index contributed by atoms with van der Waals surface area (Å²) in [7, 11) is 0. The second-order valence-electron chi connectivity index (χ2n) is 9.47. The van der Waals surface area contributed by atoms with Gasteiger partial charge in [0, 0.05) is 48.7 Å². The van der Waals surface area contributed by atoms with Gasteiger partial charge in [0.2, 0.25) is 5.91 Å². The molecule has 2 aliphatic heterocycles. The van der Waals surface area contributed by atoms with Crippen molar-refractivity contribution in [1.29, 1.82) is 0 Å². The van der Waals surface area contributed by atoms with Gasteiger partial charge in [0.05, 0.1) is 23.6 Å². The lowest BCUT2D eigenvalue weighted by atomic mass is 9.95. The third kappa shape index (κ3) is 4.23. The van der Waals surface area contributed by atoms with E-state index in [-0.39, 0.29) is 17.9 Å². The monoisotopic (exact) mass is 455 g/mol. The third-order valence-electron chi connectivity index (χ3n) is 7.08. The molecule has 4 heterocycles. The van der Waals surface area contributed by atoms with Crippen molar-refractivity contribution < 1.29 is 9.53 Å². The standard InChI is InChI=1S/C27H29N5O2/c33-27(29-22-2-1-12-32(17-22)16-18-7-10-28-11-8-18)21-3-5-24-23(15-21)26(31-30-24)20-4-6-25-19(14-20)9-13-34-25/h4-8,10-11,14-15,21-22,30H,1-3,9,12-13,16-17H2,(H,29,33)/t21?,22-/m1/s1. The quantitative estimate of drug-likeness (QED) is 0.613. The maximum atomic E-state index is 13.2. The molecule has 2 aromatic heterocycles. The molecule has 7 heteroatoms. The Balaban J connectivity index is 1.16. The number of nitrogens with one attached hydrogen (secondary N) is 2. The van der Waals surface area contributed by atoms with E-state index < -0.39 is 0 Å². The Kier molecular flexibility index (Phi) is 5.63. The lowest BCUT2D eigenvalue weighted by molar-refractivity contribution is -0.124. The highest BCUT2D eigenvalue weighted by Gasteiger charge is 2.25. The van der Waals surface area contributed by atoms with Crippen molar-refractivity contribution in [1.82, 2.24) is 25.4 Å². The summed E-state index contributed by atoms with van der Waals surface area (Å²) in [5.74, 6) is 0.885. The van der Waals surface area contributed by atoms with Crippen LogP contribution in [-0.2, 0) is 17.8 Å². The minimum Gasteiger partial charge on any atom is -0.493 e. The van der Waals surface area contributed by atoms with Gasteiger partial charge in [-0.25, -0.2) is 0 Å². The summed E-state index contributed by atoms with van der Waals surface area (Å²) in [6.07, 6.45) is 11.6. The molecule has 1 amide bonds. The number of rotatable bonds is 5. The number of amides is 1. The predicted octanol–water partition coefficient (Wildman–Crippen LogP) is 1.77. The molecule has 0 saturated carbocycles. The van der Waals surface area contributed by atoms with Gasteiger partial charge in [-0.05, 0) is 67.3 Å². The van der Waals surface area contributed by atoms with Crippen LogP contribution in [0.1, 0.15) is 30.4 Å². The normalized spacial score (nSPS) is 21.5. The Labute approximate surface area is 198 Å². The van der Waals surface area contributed by atoms with Crippen LogP contribution in [0.4, 0.5) is 0 Å². The van der Waals surface area contributed by atoms with Crippen molar-refractivity contribution in [3.05, 3.63) is 64.4 Å². The average Bonchev–Trinajstić information content (AvgIpc) is 3.51. The maximum Gasteiger partial charge on any atom is 0.227 e. The molecule has 1 aliphatic carbocycles. The molecule has 2 atom stereocenters. The summed E-state index contributed by atoms with van der Waals surface area (Å²) < 4.78 is 5.64. The molecule has 1 aromatic carbocycles. The minimum atomic E-state index is -0.183. The number of carbonyl (C=O) groups is 1. The number of pyridine rings is 1. The minimum absolute atomic E-state index is 0.104. The highest BCUT2D eigenvalue weighted by Crippen LogP contribution is 2.28. The van der Waals surface area contributed by atoms with Crippen molar-refractivity contribution in [2.75, 3.05) is 19.7 Å². The van der Waals surface area contributed by atoms with E-state index >= 15 is 0 Å². The number of likely N-dealkylation sites (tertiary alicyclic amines) is 1. The molecule has 0 spiro atoms. The van der Waals surface area contributed by atoms with E-state index in [0.29, 0.717) is 6.42 Å². The predicted molar refractivity (Wildman–Crippen MR) is 130 cm³/mol. The number of aromatic nitrogens is 3. The van der Waals surface area contributed by atoms with E-state index in [4.69, 9.17) is 4.74 Å². The van der Waals surface area contributed by atoms with E-state index in [1.165, 1.54) is 11.1 Å². The van der Waals surface area contributed by atoms with Crippen LogP contribution in [0.5, 0.6) is 5.75 Å². The summed E-state index contributed by atoms with van der Waals surface area (Å²) in [5.41, 5.74) is 4.44. The molecular weight excluding hydrogens is 426 g/mol. The van der Waals surface area contributed by atoms with Crippen molar-refractivity contribution in [3.63, 3.8) is 0 Å². The van der Waals surface area contributed by atoms with Gasteiger partial charge >= 0.3 is 0 Å². The zero-order chi connectivity index (χ0) is 22.9. The Morgan fingerprint density at radius 3 is 3.06 bits per heavy atom. The van der Waals surface area contributed by atoms with Crippen molar-refractivity contribution in [3.8, 4) is 17.0 Å². The molecular formula is C27H29N5O2. The number of piperidine rings is 1. The number of benzene rings is 1. The second-order valence-corrected chi connectivity index (χ2v) is 9.47. The lowest BCUT2D eigenvalue weighted by Gasteiger charge is -2.33. The van der Waals surface area contributed by atoms with Crippen molar-refractivity contribution in [2.45, 2.75) is 38.3 Å². The molecule has 1 fully saturated rings. The number of aromatic amines is 1. The first-order valence-corrected chi connectivity index (χ1v) is 12.2. The van der Waals surface area contributed by atoms with Crippen LogP contribution >= 0.6 is 0 Å². The molecule has 0 bridgehead atoms. The van der Waals surface area contributed by atoms with Crippen LogP contribution in [0, 0.1) is 5.92 Å². The van der Waals surface area contributed by atoms with Gasteiger partial charge in [0.1, 0.15) is 5.75 Å². The topological polar surface area (TPSA) is 83.1 Å². The van der Waals surface area contributed by atoms with E-state index in [2.05, 4.69) is 61.8 Å². The van der Waals surface area contributed by atoms with Crippen LogP contribution in [0.3, 0.4) is 0 Å². The van der Waals surface area contributed by atoms with Gasteiger partial charge in [-0.2, -0.15) is 5.10 Å². The average molecular weight is 456 g/mol. The first-order chi connectivity index (χ1) is 16.7. The molecule has 1 saturated heterocycles. The summed E-state index contributed by atoms with van der Waals surface area (Å²) in [4.78, 5) is 19.8. The summed E-state index contributed by atoms with van der Waals surface area (Å²) in [6, 6.07) is 10.5. The first kappa shape index (κ1) is 21.1. The van der Waals surface area contributed by atoms with Crippen LogP contribution in [0.15, 0.2) is 42.7 Å². The highest BCUT2D eigenvalue weighted by molar-refractivity contribution is 5.86. The van der Waals surface area contributed by atoms with Crippen LogP contribution in [0.25, 0.3) is 23.4 Å². The molecule has 34 heavy (non-hydrogen) atoms. The number of nitrogens with zero attached hydrogens (tertiary/aromatic N) is 3. The fraction of sp³-hybridized carbons (Fsp3) is 0.370. The van der Waals surface area contributed by atoms with Gasteiger partial charge in [0.15, 0.2) is 0 Å². The molecule has 6 rings (SSSR count). The van der Waals surface area contributed by atoms with E-state index in [1.807, 2.05) is 18.5 Å². The van der Waals surface area contributed by atoms with Gasteiger partial charge in [-0.15, -0.1) is 0 Å². The summed E-state index contributed by atoms with van der Waals surface area (Å²) in [6.45, 7) is 3.57. The fourth-order valence-electron chi connectivity index (χ4n) is 5.31. The number of hydrogen-bond donors (Lipinski definition) is 2. The number of carbonyl (C=O) groups excluding carboxylic acids is 1. The van der Waals surface area contributed by atoms with Gasteiger partial charge < -0.3 is 10.1 Å². The first-order valence-electron chi connectivity index (χ1n) is 12.2. The molecule has 7 nitrogen and oxygen atoms in total. The molecule has 3 aliphatic rings. The Morgan fingerprint density at radius 1 is 1.24 bits per heavy atom. The van der Waals surface area contributed by atoms with Crippen LogP contribution < -0.4 is 20.6 Å². The summed E-state index contributed by atoms with van der Waals surface area (Å²) in [5, 5.41) is 13.1. The van der Waals surface area contributed by atoms with Gasteiger partial charge in [-0.3, -0.25) is 19.8 Å². The van der Waals surface area contributed by atoms with Crippen molar-refractivity contribution in [2.24, 2.45) is 5.92 Å². The largest absolute Gasteiger partial charge is 0.493 e. The van der Waals surface area contributed by atoms with Crippen LogP contribution in [0.2, 0.25) is 0 Å². The van der Waals surface area contributed by atoms with Gasteiger partial charge in [0.25, 0.3) is 0 Å². The number of H-pyrrole nitrogens is 1. The second kappa shape index (κ2) is 9.06. The maximum absolute atomic E-state index is 13.2. The Hall–Kier alpha value is -3.45. The molecule has 0 radical (unpaired) electrons. The number of hydrogen-bond acceptors (Lipinski definition) is 5. The van der Waals surface area contributed by atoms with Crippen molar-refractivity contribution >= 4 is 18.1 Å². The molecule has 3 aromatic rings. The van der Waals surface area contributed by atoms with Gasteiger partial charge in [-0.1, -0.05) is 12.2 Å². The van der Waals surface area contributed by atoms with E-state index in [9.17, 15) is 4.79 Å². The Morgan fingerprint density at radius 2 is 2.15 bits per heavy atom. The number of fused-ring (bicyclic) bond motifs is 2. The zero-order valence-corrected chi connectivity index (χ0v) is 19.2. The third-order valence-corrected chi connectivity index (χ3v) is 7.08. The van der Waals surface area contributed by atoms with Crippen LogP contribution in [-0.4, -0.2) is 51.7 Å². The molecule has 2 N–H and O–H groups in total. The molecule has 174 valence electrons.